The van der Waals surface area contributed by atoms with Crippen LogP contribution in [0.4, 0.5) is 0 Å². The second kappa shape index (κ2) is 46.6. The minimum absolute atomic E-state index is 0.0194. The number of fused-ring (bicyclic) bond motifs is 12. The molecule has 13 nitrogen and oxygen atoms in total. The molecule has 16 rings (SSSR count). The molecule has 0 unspecified atom stereocenters. The fraction of sp³-hybridized carbons (Fsp3) is 0.541. The molecule has 7 aromatic rings. The van der Waals surface area contributed by atoms with Crippen LogP contribution in [0.1, 0.15) is 394 Å². The van der Waals surface area contributed by atoms with Crippen LogP contribution in [0.25, 0.3) is 11.1 Å². The number of phenols is 8. The maximum absolute atomic E-state index is 10.7. The average molecular weight is 1840 g/mol. The third kappa shape index (κ3) is 25.8. The van der Waals surface area contributed by atoms with E-state index in [4.69, 9.17) is 18.9 Å². The fourth-order valence-electron chi connectivity index (χ4n) is 23.1. The summed E-state index contributed by atoms with van der Waals surface area (Å²) < 4.78 is 25.3. The van der Waals surface area contributed by atoms with Gasteiger partial charge in [0.15, 0.2) is 0 Å². The molecule has 734 valence electrons. The van der Waals surface area contributed by atoms with Gasteiger partial charge in [0.05, 0.1) is 12.2 Å². The molecule has 0 fully saturated rings. The Morgan fingerprint density at radius 1 is 0.326 bits per heavy atom. The van der Waals surface area contributed by atoms with Crippen LogP contribution in [-0.2, 0) is 44.1 Å². The molecule has 9 aliphatic rings. The van der Waals surface area contributed by atoms with Gasteiger partial charge in [-0.25, -0.2) is 0 Å². The molecule has 0 saturated carbocycles. The van der Waals surface area contributed by atoms with Gasteiger partial charge in [0.1, 0.15) is 91.4 Å². The lowest BCUT2D eigenvalue weighted by Gasteiger charge is -2.46. The van der Waals surface area contributed by atoms with Gasteiger partial charge in [-0.1, -0.05) is 206 Å². The molecule has 4 aliphatic heterocycles. The molecule has 0 amide bonds. The van der Waals surface area contributed by atoms with Crippen LogP contribution in [0.3, 0.4) is 0 Å². The van der Waals surface area contributed by atoms with Crippen LogP contribution in [0.5, 0.6) is 69.0 Å². The van der Waals surface area contributed by atoms with Gasteiger partial charge in [0.25, 0.3) is 0 Å². The highest BCUT2D eigenvalue weighted by atomic mass is 16.5. The minimum atomic E-state index is -0.384. The topological polar surface area (TPSA) is 219 Å². The Morgan fingerprint density at radius 2 is 0.622 bits per heavy atom. The van der Waals surface area contributed by atoms with E-state index >= 15 is 0 Å². The van der Waals surface area contributed by atoms with E-state index in [0.717, 1.165) is 230 Å². The molecule has 7 aromatic carbocycles. The molecule has 0 spiro atoms. The predicted molar refractivity (Wildman–Crippen MR) is 558 cm³/mol. The van der Waals surface area contributed by atoms with Crippen LogP contribution in [-0.4, -0.2) is 69.4 Å². The smallest absolute Gasteiger partial charge is 0.132 e. The molecule has 0 aromatic heterocycles. The van der Waals surface area contributed by atoms with Crippen molar-refractivity contribution in [2.75, 3.05) is 6.61 Å². The number of hydrogen-bond acceptors (Lipinski definition) is 13. The monoisotopic (exact) mass is 1840 g/mol. The van der Waals surface area contributed by atoms with Gasteiger partial charge in [-0.2, -0.15) is 0 Å². The number of hydrogen-bond donors (Lipinski definition) is 9. The highest BCUT2D eigenvalue weighted by Gasteiger charge is 2.49. The summed E-state index contributed by atoms with van der Waals surface area (Å²) in [6.07, 6.45) is 43.8. The van der Waals surface area contributed by atoms with Crippen molar-refractivity contribution in [3.8, 4) is 80.1 Å². The molecule has 135 heavy (non-hydrogen) atoms. The van der Waals surface area contributed by atoms with Crippen LogP contribution in [0.2, 0.25) is 0 Å². The molecule has 10 atom stereocenters. The lowest BCUT2D eigenvalue weighted by molar-refractivity contribution is 0.00985. The van der Waals surface area contributed by atoms with Crippen molar-refractivity contribution in [3.63, 3.8) is 0 Å². The second-order valence-corrected chi connectivity index (χ2v) is 43.4. The summed E-state index contributed by atoms with van der Waals surface area (Å²) in [4.78, 5) is 0. The zero-order valence-corrected chi connectivity index (χ0v) is 86.3. The quantitative estimate of drug-likeness (QED) is 0.0192. The number of rotatable bonds is 25. The van der Waals surface area contributed by atoms with Gasteiger partial charge in [0, 0.05) is 80.7 Å². The van der Waals surface area contributed by atoms with Crippen molar-refractivity contribution in [3.05, 3.63) is 246 Å². The van der Waals surface area contributed by atoms with E-state index in [9.17, 15) is 46.0 Å². The van der Waals surface area contributed by atoms with Crippen LogP contribution >= 0.6 is 0 Å². The highest BCUT2D eigenvalue weighted by Crippen LogP contribution is 2.59. The van der Waals surface area contributed by atoms with Crippen molar-refractivity contribution < 1.29 is 64.9 Å². The third-order valence-electron chi connectivity index (χ3n) is 30.4. The summed E-state index contributed by atoms with van der Waals surface area (Å²) in [6, 6.07) is 29.9. The lowest BCUT2D eigenvalue weighted by Crippen LogP contribution is -2.45. The number of phenolic OH excluding ortho intramolecular Hbond substituents is 8. The molecule has 0 bridgehead atoms. The first kappa shape index (κ1) is 106. The zero-order chi connectivity index (χ0) is 98.3. The summed E-state index contributed by atoms with van der Waals surface area (Å²) >= 11 is 0. The van der Waals surface area contributed by atoms with E-state index in [1.165, 1.54) is 96.8 Å². The Morgan fingerprint density at radius 3 is 0.963 bits per heavy atom. The van der Waals surface area contributed by atoms with E-state index in [1.807, 2.05) is 50.2 Å². The Balaban J connectivity index is 0.000000156. The Bertz CT molecular complexity index is 5390. The lowest BCUT2D eigenvalue weighted by atomic mass is 9.68. The number of aromatic hydroxyl groups is 8. The van der Waals surface area contributed by atoms with Crippen molar-refractivity contribution in [1.82, 2.24) is 0 Å². The third-order valence-corrected chi connectivity index (χ3v) is 30.4. The number of ether oxygens (including phenoxy) is 4. The number of unbranched alkanes of at least 4 members (excludes halogenated alkanes) is 8. The summed E-state index contributed by atoms with van der Waals surface area (Å²) in [5.41, 5.74) is 22.9. The molecule has 0 saturated heterocycles. The molecule has 5 aliphatic carbocycles. The summed E-state index contributed by atoms with van der Waals surface area (Å²) in [6.45, 7) is 53.4. The van der Waals surface area contributed by atoms with Gasteiger partial charge in [-0.05, 0) is 361 Å². The molecular weight excluding hydrogens is 1670 g/mol. The summed E-state index contributed by atoms with van der Waals surface area (Å²) in [7, 11) is 0. The standard InChI is InChI=1S/C21H30O3.C21H30O2.C21H26O2.C21H30O2.2C19H26O2/c1-4-5-6-7-14-11-18(23)20-16-10-15(13-22)8-9-17(16)21(2,3)24-19(20)12-14;2*1-5-6-7-8-15-12-18(22)20-16-11-14(2)9-10-17(16)21(3,4)23-19(20)13-15;1-5-6-7-8-16-12-19(22)21(20(23)13-16)18-11-15(4)9-10-17(18)14(2)3;1-5-6-13-10-16(20)18-14-9-12(2)7-8-15(14)19(3,4)21-17(18)11-13;1-5-6-14-10-17(20)19(18(21)11-14)16-9-13(4)7-8-15(16)12(2)3/h10-12,16-17,22-23H,4-9,13H2,1-3H3;11-13,16-17,22H,5-10H2,1-4H3;9-13,22H,5-8H2,1-4H3;11-13,17-18,22-23H,2,5-10H2,1,3-4H3;9-11,14-15,20H,5-8H2,1-4H3;9-11,15-16,20-21H,2,5-8H2,1,3-4H3/t2*16-,17-;;17-,18+;14-,15-;15-,16+/m11.010/s1. The van der Waals surface area contributed by atoms with Crippen LogP contribution < -0.4 is 18.9 Å². The van der Waals surface area contributed by atoms with E-state index < -0.39 is 0 Å². The highest BCUT2D eigenvalue weighted by molar-refractivity contribution is 5.82. The SMILES string of the molecule is C=C(C)[C@@H]1CCC(C)=C[C@H]1c1c(O)cc(CCC)cc1O.C=C(C)[C@@H]1CCC(C)=C[C@H]1c1c(O)cc(CCCCC)cc1O.CCCCCc1cc(O)c2c(c1)OC(C)(C)[C@@H]1CCC(C)=C[C@@H]21.CCCCCc1cc(O)c2c(c1)OC(C)(C)[C@@H]1CCC(CO)=C[C@@H]21.CCCCCc1cc(O)c2c(c1)OC(C)(C)c1ccc(C)cc1-2.CCCc1cc(O)c2c(c1)OC(C)(C)[C@@H]1CCC(C)=C[C@@H]21. The number of aliphatic hydroxyl groups is 1. The van der Waals surface area contributed by atoms with Crippen LogP contribution in [0, 0.1) is 36.5 Å². The van der Waals surface area contributed by atoms with Crippen LogP contribution in [0.15, 0.2) is 174 Å². The second-order valence-electron chi connectivity index (χ2n) is 43.4. The van der Waals surface area contributed by atoms with E-state index in [2.05, 4.69) is 218 Å². The van der Waals surface area contributed by atoms with Gasteiger partial charge in [-0.3, -0.25) is 0 Å². The largest absolute Gasteiger partial charge is 0.507 e. The predicted octanol–water partition coefficient (Wildman–Crippen LogP) is 32.0. The first-order valence-corrected chi connectivity index (χ1v) is 51.8. The maximum Gasteiger partial charge on any atom is 0.132 e. The number of allylic oxidation sites excluding steroid dienone is 11. The zero-order valence-electron chi connectivity index (χ0n) is 86.3. The van der Waals surface area contributed by atoms with E-state index in [1.54, 1.807) is 12.1 Å². The molecule has 4 heterocycles. The molecule has 13 heteroatoms. The number of aliphatic hydroxyl groups excluding tert-OH is 1. The van der Waals surface area contributed by atoms with Crippen molar-refractivity contribution in [2.24, 2.45) is 29.6 Å². The normalized spacial score (nSPS) is 22.3. The maximum atomic E-state index is 10.7. The van der Waals surface area contributed by atoms with E-state index in [-0.39, 0.29) is 93.4 Å². The molecule has 9 N–H and O–H groups in total. The Kier molecular flexibility index (Phi) is 36.5. The number of benzene rings is 7. The molecular formula is C122H168O13. The fourth-order valence-corrected chi connectivity index (χ4v) is 23.1. The first-order valence-electron chi connectivity index (χ1n) is 51.8. The minimum Gasteiger partial charge on any atom is -0.507 e. The summed E-state index contributed by atoms with van der Waals surface area (Å²) in [5, 5.41) is 94.0. The molecule has 0 radical (unpaired) electrons. The van der Waals surface area contributed by atoms with Crippen molar-refractivity contribution in [2.45, 2.75) is 390 Å². The van der Waals surface area contributed by atoms with Gasteiger partial charge >= 0.3 is 0 Å². The average Bonchev–Trinajstić information content (AvgIpc) is 0.747. The Hall–Kier alpha value is -9.72. The van der Waals surface area contributed by atoms with Gasteiger partial charge < -0.3 is 64.9 Å². The van der Waals surface area contributed by atoms with Gasteiger partial charge in [0.2, 0.25) is 0 Å². The van der Waals surface area contributed by atoms with E-state index in [0.29, 0.717) is 51.9 Å². The number of aryl methyl sites for hydroxylation is 7. The van der Waals surface area contributed by atoms with Crippen molar-refractivity contribution >= 4 is 0 Å². The Labute approximate surface area is 812 Å². The van der Waals surface area contributed by atoms with Crippen molar-refractivity contribution in [1.29, 1.82) is 0 Å². The first-order chi connectivity index (χ1) is 64.1. The van der Waals surface area contributed by atoms with Gasteiger partial charge in [-0.15, -0.1) is 0 Å². The summed E-state index contributed by atoms with van der Waals surface area (Å²) in [5.74, 6) is 8.29.